The number of hydrogen-bond donors (Lipinski definition) is 0. The number of piperidine rings is 1. The van der Waals surface area contributed by atoms with Crippen molar-refractivity contribution in [2.45, 2.75) is 43.6 Å². The molecule has 1 atom stereocenters. The minimum absolute atomic E-state index is 0.241. The Morgan fingerprint density at radius 3 is 2.69 bits per heavy atom. The van der Waals surface area contributed by atoms with Gasteiger partial charge in [-0.2, -0.15) is 0 Å². The van der Waals surface area contributed by atoms with Crippen molar-refractivity contribution in [3.05, 3.63) is 65.2 Å². The summed E-state index contributed by atoms with van der Waals surface area (Å²) in [7, 11) is 0. The average Bonchev–Trinajstić information content (AvgIpc) is 3.07. The molecule has 2 aliphatic heterocycles. The number of para-hydroxylation sites is 1. The Bertz CT molecular complexity index is 836. The number of carbonyl (C=O) groups excluding carboxylic acids is 1. The Kier molecular flexibility index (Phi) is 3.86. The normalized spacial score (nSPS) is 24.2. The zero-order valence-corrected chi connectivity index (χ0v) is 15.1. The molecule has 3 aliphatic rings. The maximum Gasteiger partial charge on any atom is 0.170 e. The lowest BCUT2D eigenvalue weighted by molar-refractivity contribution is -0.0101. The van der Waals surface area contributed by atoms with Gasteiger partial charge in [-0.25, -0.2) is 0 Å². The van der Waals surface area contributed by atoms with Crippen LogP contribution in [0.5, 0.6) is 5.75 Å². The van der Waals surface area contributed by atoms with Gasteiger partial charge in [-0.3, -0.25) is 4.79 Å². The van der Waals surface area contributed by atoms with Crippen LogP contribution in [0.25, 0.3) is 0 Å². The summed E-state index contributed by atoms with van der Waals surface area (Å²) in [5.74, 6) is 1.68. The summed E-state index contributed by atoms with van der Waals surface area (Å²) >= 11 is 0. The van der Waals surface area contributed by atoms with Crippen molar-refractivity contribution in [2.75, 3.05) is 19.6 Å². The molecule has 3 heteroatoms. The van der Waals surface area contributed by atoms with Crippen LogP contribution in [0.15, 0.2) is 48.5 Å². The largest absolute Gasteiger partial charge is 0.486 e. The highest BCUT2D eigenvalue weighted by molar-refractivity contribution is 6.00. The predicted molar refractivity (Wildman–Crippen MR) is 102 cm³/mol. The first-order valence-corrected chi connectivity index (χ1v) is 9.84. The SMILES string of the molecule is O=C1CC2(CCN(CC3CCc4ccccc43)CC2)Oc2ccccc21. The van der Waals surface area contributed by atoms with Crippen LogP contribution >= 0.6 is 0 Å². The van der Waals surface area contributed by atoms with E-state index < -0.39 is 0 Å². The van der Waals surface area contributed by atoms with Crippen LogP contribution in [0.2, 0.25) is 0 Å². The van der Waals surface area contributed by atoms with Gasteiger partial charge in [0.15, 0.2) is 5.78 Å². The molecule has 2 aromatic carbocycles. The van der Waals surface area contributed by atoms with Gasteiger partial charge in [-0.1, -0.05) is 36.4 Å². The van der Waals surface area contributed by atoms with Crippen molar-refractivity contribution in [1.29, 1.82) is 0 Å². The van der Waals surface area contributed by atoms with Crippen LogP contribution in [-0.4, -0.2) is 35.9 Å². The van der Waals surface area contributed by atoms with E-state index in [-0.39, 0.29) is 11.4 Å². The molecule has 0 radical (unpaired) electrons. The fourth-order valence-electron chi connectivity index (χ4n) is 5.01. The van der Waals surface area contributed by atoms with E-state index in [2.05, 4.69) is 29.2 Å². The van der Waals surface area contributed by atoms with Crippen molar-refractivity contribution in [3.8, 4) is 5.75 Å². The maximum atomic E-state index is 12.6. The third-order valence-corrected chi connectivity index (χ3v) is 6.50. The zero-order chi connectivity index (χ0) is 17.6. The quantitative estimate of drug-likeness (QED) is 0.815. The highest BCUT2D eigenvalue weighted by Crippen LogP contribution is 2.40. The fraction of sp³-hybridized carbons (Fsp3) is 0.435. The summed E-state index contributed by atoms with van der Waals surface area (Å²) in [6, 6.07) is 16.6. The highest BCUT2D eigenvalue weighted by Gasteiger charge is 2.43. The first kappa shape index (κ1) is 16.1. The third kappa shape index (κ3) is 2.75. The lowest BCUT2D eigenvalue weighted by Crippen LogP contribution is -2.51. The van der Waals surface area contributed by atoms with Crippen LogP contribution in [0.3, 0.4) is 0 Å². The molecular formula is C23H25NO2. The molecular weight excluding hydrogens is 322 g/mol. The van der Waals surface area contributed by atoms with Crippen LogP contribution in [-0.2, 0) is 6.42 Å². The number of rotatable bonds is 2. The molecule has 0 saturated carbocycles. The minimum atomic E-state index is -0.282. The molecule has 0 bridgehead atoms. The molecule has 1 aliphatic carbocycles. The van der Waals surface area contributed by atoms with E-state index in [1.807, 2.05) is 24.3 Å². The second-order valence-corrected chi connectivity index (χ2v) is 8.12. The number of ketones is 1. The highest BCUT2D eigenvalue weighted by atomic mass is 16.5. The van der Waals surface area contributed by atoms with Gasteiger partial charge in [0.2, 0.25) is 0 Å². The molecule has 3 nitrogen and oxygen atoms in total. The summed E-state index contributed by atoms with van der Waals surface area (Å²) in [5, 5.41) is 0. The average molecular weight is 347 g/mol. The molecule has 5 rings (SSSR count). The molecule has 0 N–H and O–H groups in total. The monoisotopic (exact) mass is 347 g/mol. The zero-order valence-electron chi connectivity index (χ0n) is 15.1. The van der Waals surface area contributed by atoms with Crippen molar-refractivity contribution in [3.63, 3.8) is 0 Å². The summed E-state index contributed by atoms with van der Waals surface area (Å²) in [6.45, 7) is 3.18. The number of hydrogen-bond acceptors (Lipinski definition) is 3. The number of carbonyl (C=O) groups is 1. The second kappa shape index (κ2) is 6.24. The second-order valence-electron chi connectivity index (χ2n) is 8.12. The van der Waals surface area contributed by atoms with Crippen LogP contribution < -0.4 is 4.74 Å². The molecule has 2 heterocycles. The van der Waals surface area contributed by atoms with Gasteiger partial charge in [-0.15, -0.1) is 0 Å². The number of benzene rings is 2. The molecule has 0 amide bonds. The van der Waals surface area contributed by atoms with Crippen molar-refractivity contribution in [1.82, 2.24) is 4.90 Å². The Balaban J connectivity index is 1.25. The predicted octanol–water partition coefficient (Wildman–Crippen LogP) is 4.22. The van der Waals surface area contributed by atoms with Gasteiger partial charge in [0, 0.05) is 32.5 Å². The summed E-state index contributed by atoms with van der Waals surface area (Å²) in [4.78, 5) is 15.1. The Morgan fingerprint density at radius 2 is 1.81 bits per heavy atom. The molecule has 1 fully saturated rings. The fourth-order valence-corrected chi connectivity index (χ4v) is 5.01. The number of aryl methyl sites for hydroxylation is 1. The first-order chi connectivity index (χ1) is 12.7. The van der Waals surface area contributed by atoms with Gasteiger partial charge >= 0.3 is 0 Å². The molecule has 1 unspecified atom stereocenters. The standard InChI is InChI=1S/C23H25NO2/c25-21-15-23(26-22-8-4-3-7-20(21)22)11-13-24(14-12-23)16-18-10-9-17-5-1-2-6-19(17)18/h1-8,18H,9-16H2. The maximum absolute atomic E-state index is 12.6. The molecule has 134 valence electrons. The van der Waals surface area contributed by atoms with Gasteiger partial charge in [0.25, 0.3) is 0 Å². The molecule has 0 aromatic heterocycles. The van der Waals surface area contributed by atoms with E-state index in [0.29, 0.717) is 12.3 Å². The van der Waals surface area contributed by atoms with Gasteiger partial charge in [-0.05, 0) is 42.0 Å². The smallest absolute Gasteiger partial charge is 0.170 e. The van der Waals surface area contributed by atoms with Crippen molar-refractivity contribution in [2.24, 2.45) is 0 Å². The topological polar surface area (TPSA) is 29.5 Å². The molecule has 2 aromatic rings. The van der Waals surface area contributed by atoms with Crippen molar-refractivity contribution >= 4 is 5.78 Å². The summed E-state index contributed by atoms with van der Waals surface area (Å²) < 4.78 is 6.36. The van der Waals surface area contributed by atoms with Gasteiger partial charge < -0.3 is 9.64 Å². The minimum Gasteiger partial charge on any atom is -0.486 e. The summed E-state index contributed by atoms with van der Waals surface area (Å²) in [5.41, 5.74) is 3.55. The molecule has 1 spiro atoms. The number of fused-ring (bicyclic) bond motifs is 2. The third-order valence-electron chi connectivity index (χ3n) is 6.50. The Morgan fingerprint density at radius 1 is 1.04 bits per heavy atom. The number of ether oxygens (including phenoxy) is 1. The van der Waals surface area contributed by atoms with Crippen LogP contribution in [0, 0.1) is 0 Å². The first-order valence-electron chi connectivity index (χ1n) is 9.84. The van der Waals surface area contributed by atoms with Crippen LogP contribution in [0.1, 0.15) is 53.1 Å². The van der Waals surface area contributed by atoms with E-state index in [4.69, 9.17) is 4.74 Å². The number of likely N-dealkylation sites (tertiary alicyclic amines) is 1. The van der Waals surface area contributed by atoms with E-state index in [1.54, 1.807) is 5.56 Å². The Labute approximate surface area is 155 Å². The van der Waals surface area contributed by atoms with Crippen molar-refractivity contribution < 1.29 is 9.53 Å². The van der Waals surface area contributed by atoms with E-state index in [0.717, 1.165) is 43.8 Å². The molecule has 26 heavy (non-hydrogen) atoms. The Hall–Kier alpha value is -2.13. The van der Waals surface area contributed by atoms with E-state index in [9.17, 15) is 4.79 Å². The lowest BCUT2D eigenvalue weighted by Gasteiger charge is -2.44. The lowest BCUT2D eigenvalue weighted by atomic mass is 9.82. The van der Waals surface area contributed by atoms with Gasteiger partial charge in [0.1, 0.15) is 11.4 Å². The van der Waals surface area contributed by atoms with Crippen LogP contribution in [0.4, 0.5) is 0 Å². The number of nitrogens with zero attached hydrogens (tertiary/aromatic N) is 1. The van der Waals surface area contributed by atoms with E-state index in [1.165, 1.54) is 18.4 Å². The molecule has 1 saturated heterocycles. The van der Waals surface area contributed by atoms with Gasteiger partial charge in [0.05, 0.1) is 12.0 Å². The number of Topliss-reactive ketones (excluding diaryl/α,β-unsaturated/α-hetero) is 1. The van der Waals surface area contributed by atoms with E-state index >= 15 is 0 Å². The summed E-state index contributed by atoms with van der Waals surface area (Å²) in [6.07, 6.45) is 4.91.